The van der Waals surface area contributed by atoms with Gasteiger partial charge in [0.25, 0.3) is 0 Å². The van der Waals surface area contributed by atoms with E-state index in [9.17, 15) is 0 Å². The Bertz CT molecular complexity index is 341. The first kappa shape index (κ1) is 11.6. The number of aliphatic hydroxyl groups excluding tert-OH is 1. The van der Waals surface area contributed by atoms with Gasteiger partial charge < -0.3 is 10.0 Å². The maximum absolute atomic E-state index is 8.85. The molecule has 0 atom stereocenters. The minimum atomic E-state index is 0.217. The van der Waals surface area contributed by atoms with Gasteiger partial charge in [-0.1, -0.05) is 11.6 Å². The molecule has 0 radical (unpaired) electrons. The Labute approximate surface area is 99.7 Å². The SMILES string of the molecule is OCCN1CCN(c2ncncc2Cl)CC1. The maximum Gasteiger partial charge on any atom is 0.150 e. The minimum Gasteiger partial charge on any atom is -0.395 e. The summed E-state index contributed by atoms with van der Waals surface area (Å²) >= 11 is 6.03. The fourth-order valence-corrected chi connectivity index (χ4v) is 2.09. The summed E-state index contributed by atoms with van der Waals surface area (Å²) in [5.41, 5.74) is 0. The monoisotopic (exact) mass is 242 g/mol. The number of piperazine rings is 1. The van der Waals surface area contributed by atoms with Gasteiger partial charge in [0.05, 0.1) is 12.8 Å². The van der Waals surface area contributed by atoms with Crippen LogP contribution in [0.1, 0.15) is 0 Å². The molecule has 1 aromatic rings. The van der Waals surface area contributed by atoms with Crippen molar-refractivity contribution in [3.05, 3.63) is 17.5 Å². The molecule has 0 saturated carbocycles. The molecule has 1 aromatic heterocycles. The molecule has 1 saturated heterocycles. The van der Waals surface area contributed by atoms with E-state index < -0.39 is 0 Å². The fourth-order valence-electron chi connectivity index (χ4n) is 1.86. The maximum atomic E-state index is 8.85. The highest BCUT2D eigenvalue weighted by atomic mass is 35.5. The van der Waals surface area contributed by atoms with Crippen LogP contribution in [0.25, 0.3) is 0 Å². The highest BCUT2D eigenvalue weighted by Crippen LogP contribution is 2.22. The van der Waals surface area contributed by atoms with E-state index in [1.165, 1.54) is 6.33 Å². The third-order valence-electron chi connectivity index (χ3n) is 2.74. The van der Waals surface area contributed by atoms with E-state index >= 15 is 0 Å². The van der Waals surface area contributed by atoms with Crippen molar-refractivity contribution >= 4 is 17.4 Å². The van der Waals surface area contributed by atoms with Gasteiger partial charge in [0.1, 0.15) is 11.3 Å². The lowest BCUT2D eigenvalue weighted by Gasteiger charge is -2.35. The molecule has 0 unspecified atom stereocenters. The molecular weight excluding hydrogens is 228 g/mol. The van der Waals surface area contributed by atoms with Crippen LogP contribution < -0.4 is 4.90 Å². The van der Waals surface area contributed by atoms with Gasteiger partial charge in [0.2, 0.25) is 0 Å². The van der Waals surface area contributed by atoms with E-state index in [-0.39, 0.29) is 6.61 Å². The number of hydrogen-bond acceptors (Lipinski definition) is 5. The standard InChI is InChI=1S/C10H15ClN4O/c11-9-7-12-8-13-10(9)15-3-1-14(2-4-15)5-6-16/h7-8,16H,1-6H2. The van der Waals surface area contributed by atoms with E-state index in [1.807, 2.05) is 0 Å². The zero-order valence-electron chi connectivity index (χ0n) is 9.01. The Hall–Kier alpha value is -0.910. The summed E-state index contributed by atoms with van der Waals surface area (Å²) in [5.74, 6) is 0.806. The van der Waals surface area contributed by atoms with Crippen LogP contribution in [0.2, 0.25) is 5.02 Å². The largest absolute Gasteiger partial charge is 0.395 e. The Morgan fingerprint density at radius 2 is 2.06 bits per heavy atom. The lowest BCUT2D eigenvalue weighted by molar-refractivity contribution is 0.188. The van der Waals surface area contributed by atoms with Gasteiger partial charge in [-0.15, -0.1) is 0 Å². The first-order valence-electron chi connectivity index (χ1n) is 5.35. The average Bonchev–Trinajstić information content (AvgIpc) is 2.31. The summed E-state index contributed by atoms with van der Waals surface area (Å²) in [6, 6.07) is 0. The van der Waals surface area contributed by atoms with E-state index in [0.29, 0.717) is 5.02 Å². The molecule has 1 N–H and O–H groups in total. The van der Waals surface area contributed by atoms with Crippen LogP contribution in [0.15, 0.2) is 12.5 Å². The third-order valence-corrected chi connectivity index (χ3v) is 3.00. The molecule has 0 aliphatic carbocycles. The van der Waals surface area contributed by atoms with E-state index in [4.69, 9.17) is 16.7 Å². The molecule has 88 valence electrons. The first-order valence-corrected chi connectivity index (χ1v) is 5.72. The summed E-state index contributed by atoms with van der Waals surface area (Å²) in [6.45, 7) is 4.59. The van der Waals surface area contributed by atoms with Crippen LogP contribution >= 0.6 is 11.6 Å². The van der Waals surface area contributed by atoms with Crippen molar-refractivity contribution in [3.63, 3.8) is 0 Å². The van der Waals surface area contributed by atoms with Gasteiger partial charge in [0.15, 0.2) is 5.82 Å². The number of nitrogens with zero attached hydrogens (tertiary/aromatic N) is 4. The van der Waals surface area contributed by atoms with Crippen molar-refractivity contribution in [3.8, 4) is 0 Å². The van der Waals surface area contributed by atoms with E-state index in [0.717, 1.165) is 38.5 Å². The molecular formula is C10H15ClN4O. The van der Waals surface area contributed by atoms with Gasteiger partial charge in [-0.05, 0) is 0 Å². The number of anilines is 1. The molecule has 2 heterocycles. The number of β-amino-alcohol motifs (C(OH)–C–C–N with tert-alkyl or cyclic N) is 1. The highest BCUT2D eigenvalue weighted by Gasteiger charge is 2.19. The van der Waals surface area contributed by atoms with E-state index in [1.54, 1.807) is 6.20 Å². The number of rotatable bonds is 3. The number of aromatic nitrogens is 2. The van der Waals surface area contributed by atoms with Gasteiger partial charge in [0, 0.05) is 32.7 Å². The number of halogens is 1. The average molecular weight is 243 g/mol. The van der Waals surface area contributed by atoms with E-state index in [2.05, 4.69) is 19.8 Å². The molecule has 1 fully saturated rings. The van der Waals surface area contributed by atoms with Crippen LogP contribution in [0, 0.1) is 0 Å². The van der Waals surface area contributed by atoms with Crippen LogP contribution in [0.4, 0.5) is 5.82 Å². The normalized spacial score (nSPS) is 17.8. The molecule has 0 spiro atoms. The predicted octanol–water partition coefficient (Wildman–Crippen LogP) is 0.244. The van der Waals surface area contributed by atoms with Crippen molar-refractivity contribution in [2.75, 3.05) is 44.2 Å². The van der Waals surface area contributed by atoms with Crippen molar-refractivity contribution in [1.82, 2.24) is 14.9 Å². The second kappa shape index (κ2) is 5.43. The van der Waals surface area contributed by atoms with Crippen molar-refractivity contribution in [2.45, 2.75) is 0 Å². The Kier molecular flexibility index (Phi) is 3.93. The molecule has 1 aliphatic rings. The fraction of sp³-hybridized carbons (Fsp3) is 0.600. The van der Waals surface area contributed by atoms with Crippen LogP contribution in [0.3, 0.4) is 0 Å². The third kappa shape index (κ3) is 2.61. The lowest BCUT2D eigenvalue weighted by Crippen LogP contribution is -2.47. The smallest absolute Gasteiger partial charge is 0.150 e. The number of aliphatic hydroxyl groups is 1. The lowest BCUT2D eigenvalue weighted by atomic mass is 10.3. The molecule has 0 aromatic carbocycles. The summed E-state index contributed by atoms with van der Waals surface area (Å²) < 4.78 is 0. The first-order chi connectivity index (χ1) is 7.81. The van der Waals surface area contributed by atoms with Gasteiger partial charge in [-0.25, -0.2) is 9.97 Å². The molecule has 16 heavy (non-hydrogen) atoms. The summed E-state index contributed by atoms with van der Waals surface area (Å²) in [6.07, 6.45) is 3.13. The molecule has 6 heteroatoms. The predicted molar refractivity (Wildman–Crippen MR) is 62.8 cm³/mol. The molecule has 2 rings (SSSR count). The molecule has 5 nitrogen and oxygen atoms in total. The van der Waals surface area contributed by atoms with Crippen molar-refractivity contribution in [1.29, 1.82) is 0 Å². The second-order valence-electron chi connectivity index (χ2n) is 3.75. The van der Waals surface area contributed by atoms with Crippen molar-refractivity contribution in [2.24, 2.45) is 0 Å². The van der Waals surface area contributed by atoms with Crippen LogP contribution in [-0.2, 0) is 0 Å². The second-order valence-corrected chi connectivity index (χ2v) is 4.15. The van der Waals surface area contributed by atoms with Gasteiger partial charge >= 0.3 is 0 Å². The van der Waals surface area contributed by atoms with Gasteiger partial charge in [-0.2, -0.15) is 0 Å². The summed E-state index contributed by atoms with van der Waals surface area (Å²) in [5, 5.41) is 9.44. The minimum absolute atomic E-state index is 0.217. The quantitative estimate of drug-likeness (QED) is 0.823. The number of hydrogen-bond donors (Lipinski definition) is 1. The Morgan fingerprint density at radius 3 is 2.69 bits per heavy atom. The zero-order chi connectivity index (χ0) is 11.4. The summed E-state index contributed by atoms with van der Waals surface area (Å²) in [7, 11) is 0. The zero-order valence-corrected chi connectivity index (χ0v) is 9.77. The molecule has 0 bridgehead atoms. The molecule has 1 aliphatic heterocycles. The Balaban J connectivity index is 1.96. The molecule has 0 amide bonds. The van der Waals surface area contributed by atoms with Crippen molar-refractivity contribution < 1.29 is 5.11 Å². The topological polar surface area (TPSA) is 52.5 Å². The van der Waals surface area contributed by atoms with Gasteiger partial charge in [-0.3, -0.25) is 4.90 Å². The van der Waals surface area contributed by atoms with Crippen LogP contribution in [0.5, 0.6) is 0 Å². The Morgan fingerprint density at radius 1 is 1.31 bits per heavy atom. The summed E-state index contributed by atoms with van der Waals surface area (Å²) in [4.78, 5) is 12.4. The highest BCUT2D eigenvalue weighted by molar-refractivity contribution is 6.32. The van der Waals surface area contributed by atoms with Crippen LogP contribution in [-0.4, -0.2) is 59.3 Å².